The van der Waals surface area contributed by atoms with Gasteiger partial charge in [0.1, 0.15) is 0 Å². The van der Waals surface area contributed by atoms with Crippen LogP contribution >= 0.6 is 0 Å². The Morgan fingerprint density at radius 1 is 0.710 bits per heavy atom. The third-order valence-electron chi connectivity index (χ3n) is 5.61. The van der Waals surface area contributed by atoms with Crippen molar-refractivity contribution in [3.05, 3.63) is 95.9 Å². The van der Waals surface area contributed by atoms with Crippen LogP contribution in [0.5, 0.6) is 0 Å². The summed E-state index contributed by atoms with van der Waals surface area (Å²) >= 11 is 0. The van der Waals surface area contributed by atoms with E-state index >= 15 is 0 Å². The molecule has 5 nitrogen and oxygen atoms in total. The highest BCUT2D eigenvalue weighted by atomic mass is 15.0. The van der Waals surface area contributed by atoms with Gasteiger partial charge in [-0.2, -0.15) is 0 Å². The number of nitrogens with zero attached hydrogens (tertiary/aromatic N) is 3. The highest BCUT2D eigenvalue weighted by molar-refractivity contribution is 5.87. The Hall–Kier alpha value is -4.12. The summed E-state index contributed by atoms with van der Waals surface area (Å²) < 4.78 is 0. The number of allylic oxidation sites excluding steroid dienone is 3. The minimum absolute atomic E-state index is 0.194. The number of H-pyrrole nitrogens is 2. The first kappa shape index (κ1) is 17.7. The molecule has 0 fully saturated rings. The highest BCUT2D eigenvalue weighted by Crippen LogP contribution is 2.32. The maximum Gasteiger partial charge on any atom is 0.0699 e. The zero-order chi connectivity index (χ0) is 20.8. The summed E-state index contributed by atoms with van der Waals surface area (Å²) in [6, 6.07) is 16.6. The van der Waals surface area contributed by atoms with Crippen LogP contribution in [0.1, 0.15) is 22.8 Å². The van der Waals surface area contributed by atoms with Crippen LogP contribution in [-0.4, -0.2) is 31.9 Å². The summed E-state index contributed by atoms with van der Waals surface area (Å²) in [4.78, 5) is 18.6. The Balaban J connectivity index is 1.59. The van der Waals surface area contributed by atoms with Crippen molar-refractivity contribution in [2.24, 2.45) is 5.92 Å². The van der Waals surface area contributed by atoms with E-state index < -0.39 is 0 Å². The quantitative estimate of drug-likeness (QED) is 0.434. The van der Waals surface area contributed by atoms with Crippen molar-refractivity contribution < 1.29 is 0 Å². The molecular formula is C26H21N5. The van der Waals surface area contributed by atoms with E-state index in [1.807, 2.05) is 19.2 Å². The molecule has 3 aliphatic rings. The van der Waals surface area contributed by atoms with Crippen LogP contribution in [0.15, 0.2) is 73.1 Å². The molecule has 8 bridgehead atoms. The molecule has 3 aromatic heterocycles. The monoisotopic (exact) mass is 403 g/mol. The van der Waals surface area contributed by atoms with Crippen molar-refractivity contribution in [3.8, 4) is 0 Å². The second-order valence-corrected chi connectivity index (χ2v) is 8.01. The van der Waals surface area contributed by atoms with E-state index in [0.717, 1.165) is 44.8 Å². The van der Waals surface area contributed by atoms with Crippen molar-refractivity contribution in [2.75, 3.05) is 7.05 Å². The molecule has 0 unspecified atom stereocenters. The van der Waals surface area contributed by atoms with E-state index in [2.05, 4.69) is 94.0 Å². The minimum atomic E-state index is 0.194. The topological polar surface area (TPSA) is 60.6 Å². The Bertz CT molecular complexity index is 1450. The fraction of sp³-hybridized carbons (Fsp3) is 0.0769. The molecule has 0 saturated heterocycles. The van der Waals surface area contributed by atoms with Crippen molar-refractivity contribution in [2.45, 2.75) is 0 Å². The van der Waals surface area contributed by atoms with E-state index in [1.165, 1.54) is 5.57 Å². The molecule has 3 aromatic rings. The first-order chi connectivity index (χ1) is 15.2. The van der Waals surface area contributed by atoms with Crippen LogP contribution in [0, 0.1) is 5.92 Å². The summed E-state index contributed by atoms with van der Waals surface area (Å²) in [6.07, 6.45) is 14.8. The molecule has 6 rings (SSSR count). The van der Waals surface area contributed by atoms with Gasteiger partial charge in [0.2, 0.25) is 0 Å². The van der Waals surface area contributed by atoms with Crippen molar-refractivity contribution in [1.82, 2.24) is 24.8 Å². The molecule has 31 heavy (non-hydrogen) atoms. The molecule has 150 valence electrons. The molecule has 6 heterocycles. The van der Waals surface area contributed by atoms with Gasteiger partial charge >= 0.3 is 0 Å². The fourth-order valence-electron chi connectivity index (χ4n) is 4.08. The second kappa shape index (κ2) is 6.99. The maximum absolute atomic E-state index is 4.95. The molecule has 0 radical (unpaired) electrons. The lowest BCUT2D eigenvalue weighted by molar-refractivity contribution is 0.604. The molecule has 5 heteroatoms. The van der Waals surface area contributed by atoms with Gasteiger partial charge in [0, 0.05) is 47.4 Å². The van der Waals surface area contributed by atoms with Gasteiger partial charge in [-0.25, -0.2) is 9.97 Å². The zero-order valence-electron chi connectivity index (χ0n) is 17.1. The van der Waals surface area contributed by atoms with Gasteiger partial charge in [0.05, 0.1) is 22.8 Å². The lowest BCUT2D eigenvalue weighted by Crippen LogP contribution is -2.08. The lowest BCUT2D eigenvalue weighted by Gasteiger charge is -2.18. The van der Waals surface area contributed by atoms with E-state index in [9.17, 15) is 0 Å². The zero-order valence-corrected chi connectivity index (χ0v) is 17.1. The Morgan fingerprint density at radius 3 is 1.87 bits per heavy atom. The second-order valence-electron chi connectivity index (χ2n) is 8.01. The standard InChI is InChI=1S/C26H21N5/c1-31-10-8-17(9-11-31)25-15-24-14-22-5-4-20(28-22)12-18-2-3-19(27-18)13-21-6-7-23(29-21)16-26(25)30-24/h2-17,28-29H,1H3. The average Bonchev–Trinajstić information content (AvgIpc) is 3.54. The number of nitrogens with one attached hydrogen (secondary N) is 2. The molecule has 0 spiro atoms. The largest absolute Gasteiger partial charge is 0.358 e. The Labute approximate surface area is 179 Å². The van der Waals surface area contributed by atoms with Gasteiger partial charge in [-0.3, -0.25) is 0 Å². The number of aromatic nitrogens is 4. The number of hydrogen-bond acceptors (Lipinski definition) is 3. The van der Waals surface area contributed by atoms with Crippen LogP contribution in [0.4, 0.5) is 0 Å². The first-order valence-electron chi connectivity index (χ1n) is 10.3. The summed E-state index contributed by atoms with van der Waals surface area (Å²) in [5.74, 6) is 0.194. The van der Waals surface area contributed by atoms with Gasteiger partial charge in [0.15, 0.2) is 0 Å². The maximum atomic E-state index is 4.95. The van der Waals surface area contributed by atoms with Gasteiger partial charge in [0.25, 0.3) is 0 Å². The molecular weight excluding hydrogens is 382 g/mol. The molecule has 0 atom stereocenters. The van der Waals surface area contributed by atoms with Crippen LogP contribution in [0.2, 0.25) is 0 Å². The third kappa shape index (κ3) is 3.51. The lowest BCUT2D eigenvalue weighted by atomic mass is 9.95. The van der Waals surface area contributed by atoms with Crippen LogP contribution in [0.25, 0.3) is 45.9 Å². The van der Waals surface area contributed by atoms with Gasteiger partial charge in [-0.15, -0.1) is 0 Å². The smallest absolute Gasteiger partial charge is 0.0699 e. The van der Waals surface area contributed by atoms with E-state index in [4.69, 9.17) is 9.97 Å². The number of aromatic amines is 2. The minimum Gasteiger partial charge on any atom is -0.358 e. The first-order valence-corrected chi connectivity index (χ1v) is 10.3. The van der Waals surface area contributed by atoms with Crippen LogP contribution in [-0.2, 0) is 0 Å². The number of hydrogen-bond donors (Lipinski definition) is 2. The molecule has 0 aromatic carbocycles. The van der Waals surface area contributed by atoms with E-state index in [-0.39, 0.29) is 5.92 Å². The average molecular weight is 403 g/mol. The molecule has 0 amide bonds. The molecule has 3 aliphatic heterocycles. The predicted molar refractivity (Wildman–Crippen MR) is 127 cm³/mol. The van der Waals surface area contributed by atoms with E-state index in [1.54, 1.807) is 0 Å². The summed E-state index contributed by atoms with van der Waals surface area (Å²) in [5.41, 5.74) is 9.04. The molecule has 0 aliphatic carbocycles. The molecule has 0 saturated carbocycles. The van der Waals surface area contributed by atoms with Crippen molar-refractivity contribution in [1.29, 1.82) is 0 Å². The summed E-state index contributed by atoms with van der Waals surface area (Å²) in [5, 5.41) is 0. The number of fused-ring (bicyclic) bond motifs is 8. The fourth-order valence-corrected chi connectivity index (χ4v) is 4.08. The summed E-state index contributed by atoms with van der Waals surface area (Å²) in [7, 11) is 2.03. The van der Waals surface area contributed by atoms with E-state index in [0.29, 0.717) is 0 Å². The third-order valence-corrected chi connectivity index (χ3v) is 5.61. The van der Waals surface area contributed by atoms with Gasteiger partial charge < -0.3 is 14.9 Å². The Morgan fingerprint density at radius 2 is 1.26 bits per heavy atom. The summed E-state index contributed by atoms with van der Waals surface area (Å²) in [6.45, 7) is 0. The molecule has 2 N–H and O–H groups in total. The van der Waals surface area contributed by atoms with Crippen LogP contribution < -0.4 is 0 Å². The van der Waals surface area contributed by atoms with Crippen molar-refractivity contribution >= 4 is 45.9 Å². The highest BCUT2D eigenvalue weighted by Gasteiger charge is 2.18. The van der Waals surface area contributed by atoms with Crippen molar-refractivity contribution in [3.63, 3.8) is 0 Å². The van der Waals surface area contributed by atoms with Crippen LogP contribution in [0.3, 0.4) is 0 Å². The van der Waals surface area contributed by atoms with Gasteiger partial charge in [-0.1, -0.05) is 12.2 Å². The normalized spacial score (nSPS) is 15.5. The Kier molecular flexibility index (Phi) is 3.99. The SMILES string of the molecule is CN1C=CC(C2=Cc3cc4ccc(cc5nc(cc6ccc(cc2n3)[nH]6)C=C5)[nH]4)C=C1. The van der Waals surface area contributed by atoms with Gasteiger partial charge in [-0.05, 0) is 72.3 Å². The predicted octanol–water partition coefficient (Wildman–Crippen LogP) is 5.61. The number of rotatable bonds is 1.